The highest BCUT2D eigenvalue weighted by Crippen LogP contribution is 2.23. The van der Waals surface area contributed by atoms with E-state index in [1.165, 1.54) is 11.3 Å². The van der Waals surface area contributed by atoms with Crippen LogP contribution in [0.2, 0.25) is 0 Å². The Kier molecular flexibility index (Phi) is 3.05. The van der Waals surface area contributed by atoms with Gasteiger partial charge in [0.25, 0.3) is 5.91 Å². The number of carbonyl (C=O) groups is 1. The van der Waals surface area contributed by atoms with Crippen LogP contribution >= 0.6 is 11.3 Å². The number of nitrogens with one attached hydrogen (secondary N) is 1. The highest BCUT2D eigenvalue weighted by Gasteiger charge is 2.13. The van der Waals surface area contributed by atoms with Gasteiger partial charge >= 0.3 is 0 Å². The summed E-state index contributed by atoms with van der Waals surface area (Å²) in [6.07, 6.45) is 1.59. The summed E-state index contributed by atoms with van der Waals surface area (Å²) >= 11 is 1.40. The van der Waals surface area contributed by atoms with Gasteiger partial charge in [-0.2, -0.15) is 0 Å². The summed E-state index contributed by atoms with van der Waals surface area (Å²) in [4.78, 5) is 15.9. The van der Waals surface area contributed by atoms with E-state index >= 15 is 0 Å². The van der Waals surface area contributed by atoms with Crippen LogP contribution in [-0.4, -0.2) is 16.9 Å². The summed E-state index contributed by atoms with van der Waals surface area (Å²) in [6, 6.07) is 3.73. The largest absolute Gasteiger partial charge is 0.462 e. The third-order valence-corrected chi connectivity index (χ3v) is 2.75. The summed E-state index contributed by atoms with van der Waals surface area (Å²) in [5.74, 6) is 0.539. The first-order chi connectivity index (χ1) is 7.66. The number of aromatic nitrogens is 1. The summed E-state index contributed by atoms with van der Waals surface area (Å²) in [5, 5.41) is 5.25. The van der Waals surface area contributed by atoms with Crippen molar-refractivity contribution in [3.05, 3.63) is 29.5 Å². The van der Waals surface area contributed by atoms with Crippen molar-refractivity contribution < 1.29 is 9.21 Å². The van der Waals surface area contributed by atoms with Crippen molar-refractivity contribution in [2.45, 2.75) is 19.9 Å². The van der Waals surface area contributed by atoms with Crippen LogP contribution in [0.25, 0.3) is 10.8 Å². The van der Waals surface area contributed by atoms with Crippen LogP contribution in [0, 0.1) is 0 Å². The molecule has 5 heteroatoms. The van der Waals surface area contributed by atoms with Crippen molar-refractivity contribution in [3.63, 3.8) is 0 Å². The summed E-state index contributed by atoms with van der Waals surface area (Å²) in [5.41, 5.74) is 0.435. The minimum absolute atomic E-state index is 0.112. The molecule has 1 N–H and O–H groups in total. The number of rotatable bonds is 3. The molecule has 4 nitrogen and oxygen atoms in total. The monoisotopic (exact) mass is 236 g/mol. The van der Waals surface area contributed by atoms with Gasteiger partial charge in [0.05, 0.1) is 6.26 Å². The zero-order valence-electron chi connectivity index (χ0n) is 9.06. The van der Waals surface area contributed by atoms with Crippen molar-refractivity contribution in [2.24, 2.45) is 0 Å². The van der Waals surface area contributed by atoms with Crippen LogP contribution < -0.4 is 5.32 Å². The second kappa shape index (κ2) is 4.49. The molecule has 2 heterocycles. The van der Waals surface area contributed by atoms with E-state index in [0.29, 0.717) is 11.5 Å². The third-order valence-electron chi connectivity index (χ3n) is 1.89. The van der Waals surface area contributed by atoms with Gasteiger partial charge in [0, 0.05) is 11.4 Å². The summed E-state index contributed by atoms with van der Waals surface area (Å²) in [7, 11) is 0. The maximum atomic E-state index is 11.6. The van der Waals surface area contributed by atoms with Crippen LogP contribution in [0.3, 0.4) is 0 Å². The smallest absolute Gasteiger partial charge is 0.270 e. The van der Waals surface area contributed by atoms with Crippen molar-refractivity contribution in [1.29, 1.82) is 0 Å². The number of furan rings is 1. The maximum absolute atomic E-state index is 11.6. The molecule has 0 bridgehead atoms. The molecular formula is C11H12N2O2S. The second-order valence-electron chi connectivity index (χ2n) is 3.64. The Morgan fingerprint density at radius 2 is 2.38 bits per heavy atom. The van der Waals surface area contributed by atoms with Crippen LogP contribution in [0.4, 0.5) is 0 Å². The lowest BCUT2D eigenvalue weighted by atomic mass is 10.3. The minimum Gasteiger partial charge on any atom is -0.462 e. The lowest BCUT2D eigenvalue weighted by molar-refractivity contribution is 0.0939. The van der Waals surface area contributed by atoms with E-state index in [1.807, 2.05) is 19.9 Å². The highest BCUT2D eigenvalue weighted by molar-refractivity contribution is 7.13. The first-order valence-corrected chi connectivity index (χ1v) is 5.85. The Bertz CT molecular complexity index is 474. The molecule has 16 heavy (non-hydrogen) atoms. The predicted octanol–water partition coefficient (Wildman–Crippen LogP) is 2.54. The fraction of sp³-hybridized carbons (Fsp3) is 0.273. The van der Waals surface area contributed by atoms with Crippen LogP contribution in [-0.2, 0) is 0 Å². The van der Waals surface area contributed by atoms with Crippen molar-refractivity contribution in [1.82, 2.24) is 10.3 Å². The number of carbonyl (C=O) groups excluding carboxylic acids is 1. The molecule has 2 aromatic rings. The number of hydrogen-bond donors (Lipinski definition) is 1. The molecule has 0 aliphatic carbocycles. The standard InChI is InChI=1S/C11H12N2O2S/c1-7(2)12-10(14)8-6-16-11(13-8)9-4-3-5-15-9/h3-7H,1-2H3,(H,12,14). The number of amides is 1. The number of thiazole rings is 1. The normalized spacial score (nSPS) is 10.7. The van der Waals surface area contributed by atoms with E-state index in [2.05, 4.69) is 10.3 Å². The lowest BCUT2D eigenvalue weighted by Gasteiger charge is -2.05. The predicted molar refractivity (Wildman–Crippen MR) is 62.4 cm³/mol. The minimum atomic E-state index is -0.149. The molecule has 2 aromatic heterocycles. The molecule has 0 aromatic carbocycles. The lowest BCUT2D eigenvalue weighted by Crippen LogP contribution is -2.30. The van der Waals surface area contributed by atoms with E-state index in [1.54, 1.807) is 17.7 Å². The van der Waals surface area contributed by atoms with E-state index < -0.39 is 0 Å². The van der Waals surface area contributed by atoms with Gasteiger partial charge in [0.2, 0.25) is 0 Å². The molecule has 84 valence electrons. The first kappa shape index (κ1) is 10.9. The molecule has 0 atom stereocenters. The Hall–Kier alpha value is -1.62. The second-order valence-corrected chi connectivity index (χ2v) is 4.50. The molecule has 0 fully saturated rings. The van der Waals surface area contributed by atoms with E-state index in [4.69, 9.17) is 4.42 Å². The van der Waals surface area contributed by atoms with Gasteiger partial charge in [-0.05, 0) is 26.0 Å². The topological polar surface area (TPSA) is 55.1 Å². The molecule has 1 amide bonds. The Labute approximate surface area is 97.3 Å². The fourth-order valence-corrected chi connectivity index (χ4v) is 1.99. The number of nitrogens with zero attached hydrogens (tertiary/aromatic N) is 1. The molecule has 0 spiro atoms. The van der Waals surface area contributed by atoms with Gasteiger partial charge in [-0.3, -0.25) is 4.79 Å². The van der Waals surface area contributed by atoms with E-state index in [0.717, 1.165) is 5.01 Å². The zero-order chi connectivity index (χ0) is 11.5. The molecule has 0 saturated carbocycles. The fourth-order valence-electron chi connectivity index (χ4n) is 1.23. The number of hydrogen-bond acceptors (Lipinski definition) is 4. The first-order valence-electron chi connectivity index (χ1n) is 4.97. The van der Waals surface area contributed by atoms with Crippen molar-refractivity contribution >= 4 is 17.2 Å². The summed E-state index contributed by atoms with van der Waals surface area (Å²) < 4.78 is 5.21. The average Bonchev–Trinajstić information content (AvgIpc) is 2.87. The zero-order valence-corrected chi connectivity index (χ0v) is 9.88. The quantitative estimate of drug-likeness (QED) is 0.891. The third kappa shape index (κ3) is 2.30. The van der Waals surface area contributed by atoms with Crippen molar-refractivity contribution in [2.75, 3.05) is 0 Å². The van der Waals surface area contributed by atoms with E-state index in [9.17, 15) is 4.79 Å². The van der Waals surface area contributed by atoms with Crippen LogP contribution in [0.15, 0.2) is 28.2 Å². The molecule has 0 radical (unpaired) electrons. The van der Waals surface area contributed by atoms with Gasteiger partial charge < -0.3 is 9.73 Å². The van der Waals surface area contributed by atoms with E-state index in [-0.39, 0.29) is 11.9 Å². The molecular weight excluding hydrogens is 224 g/mol. The van der Waals surface area contributed by atoms with Gasteiger partial charge in [0.15, 0.2) is 10.8 Å². The molecule has 0 saturated heterocycles. The molecule has 0 unspecified atom stereocenters. The highest BCUT2D eigenvalue weighted by atomic mass is 32.1. The van der Waals surface area contributed by atoms with Gasteiger partial charge in [-0.1, -0.05) is 0 Å². The van der Waals surface area contributed by atoms with Crippen molar-refractivity contribution in [3.8, 4) is 10.8 Å². The van der Waals surface area contributed by atoms with Crippen LogP contribution in [0.5, 0.6) is 0 Å². The van der Waals surface area contributed by atoms with Crippen LogP contribution in [0.1, 0.15) is 24.3 Å². The molecule has 2 rings (SSSR count). The van der Waals surface area contributed by atoms with Gasteiger partial charge in [-0.25, -0.2) is 4.98 Å². The maximum Gasteiger partial charge on any atom is 0.270 e. The Morgan fingerprint density at radius 3 is 3.00 bits per heavy atom. The SMILES string of the molecule is CC(C)NC(=O)c1csc(-c2ccco2)n1. The summed E-state index contributed by atoms with van der Waals surface area (Å²) in [6.45, 7) is 3.83. The average molecular weight is 236 g/mol. The Morgan fingerprint density at radius 1 is 1.56 bits per heavy atom. The molecule has 0 aliphatic rings. The Balaban J connectivity index is 2.17. The molecule has 0 aliphatic heterocycles. The van der Waals surface area contributed by atoms with Gasteiger partial charge in [0.1, 0.15) is 5.69 Å². The van der Waals surface area contributed by atoms with Gasteiger partial charge in [-0.15, -0.1) is 11.3 Å².